The van der Waals surface area contributed by atoms with Crippen molar-refractivity contribution in [2.45, 2.75) is 13.8 Å². The smallest absolute Gasteiger partial charge is 0.329 e. The molecule has 26 heavy (non-hydrogen) atoms. The van der Waals surface area contributed by atoms with Gasteiger partial charge in [-0.3, -0.25) is 9.59 Å². The Morgan fingerprint density at radius 2 is 1.88 bits per heavy atom. The zero-order valence-corrected chi connectivity index (χ0v) is 16.6. The van der Waals surface area contributed by atoms with Crippen molar-refractivity contribution in [3.05, 3.63) is 57.0 Å². The number of nitrogens with one attached hydrogen (secondary N) is 3. The largest absolute Gasteiger partial charge is 0.355 e. The van der Waals surface area contributed by atoms with Gasteiger partial charge < -0.3 is 10.6 Å². The van der Waals surface area contributed by atoms with Crippen LogP contribution in [0.5, 0.6) is 0 Å². The van der Waals surface area contributed by atoms with Gasteiger partial charge in [-0.2, -0.15) is 5.10 Å². The monoisotopic (exact) mass is 436 g/mol. The van der Waals surface area contributed by atoms with Crippen molar-refractivity contribution >= 4 is 56.9 Å². The predicted molar refractivity (Wildman–Crippen MR) is 108 cm³/mol. The topological polar surface area (TPSA) is 82.6 Å². The van der Waals surface area contributed by atoms with Gasteiger partial charge in [-0.25, -0.2) is 5.43 Å². The first-order valence-corrected chi connectivity index (χ1v) is 9.01. The van der Waals surface area contributed by atoms with Crippen LogP contribution in [-0.4, -0.2) is 24.6 Å². The molecule has 2 aromatic rings. The molecule has 0 spiro atoms. The van der Waals surface area contributed by atoms with Crippen LogP contribution in [-0.2, 0) is 9.59 Å². The Balaban J connectivity index is 2.18. The first kappa shape index (κ1) is 19.9. The van der Waals surface area contributed by atoms with E-state index in [1.807, 2.05) is 31.2 Å². The predicted octanol–water partition coefficient (Wildman–Crippen LogP) is 3.74. The van der Waals surface area contributed by atoms with Gasteiger partial charge in [0, 0.05) is 33.0 Å². The van der Waals surface area contributed by atoms with E-state index in [1.54, 1.807) is 19.1 Å². The summed E-state index contributed by atoms with van der Waals surface area (Å²) < 4.78 is 0.992. The summed E-state index contributed by atoms with van der Waals surface area (Å²) in [4.78, 5) is 22.9. The maximum Gasteiger partial charge on any atom is 0.329 e. The number of nitrogens with zero attached hydrogens (tertiary/aromatic N) is 1. The first-order valence-electron chi connectivity index (χ1n) is 7.84. The van der Waals surface area contributed by atoms with E-state index in [9.17, 15) is 9.59 Å². The molecule has 6 nitrogen and oxygen atoms in total. The SMILES string of the molecule is CCNC(=O)C(=O)N/N=C\c1cc(Cl)ccc1Nc1ccc(Br)cc1C. The quantitative estimate of drug-likeness (QED) is 0.378. The van der Waals surface area contributed by atoms with Crippen LogP contribution in [0.4, 0.5) is 11.4 Å². The number of halogens is 2. The number of carbonyl (C=O) groups is 2. The minimum atomic E-state index is -0.830. The Labute approximate surface area is 165 Å². The third-order valence-electron chi connectivity index (χ3n) is 3.38. The van der Waals surface area contributed by atoms with E-state index < -0.39 is 11.8 Å². The van der Waals surface area contributed by atoms with Gasteiger partial charge in [-0.1, -0.05) is 27.5 Å². The average Bonchev–Trinajstić information content (AvgIpc) is 2.59. The maximum atomic E-state index is 11.6. The molecule has 0 aromatic heterocycles. The Hall–Kier alpha value is -2.38. The van der Waals surface area contributed by atoms with Crippen molar-refractivity contribution in [2.75, 3.05) is 11.9 Å². The molecule has 2 rings (SSSR count). The molecule has 0 aliphatic heterocycles. The molecule has 0 unspecified atom stereocenters. The van der Waals surface area contributed by atoms with E-state index in [4.69, 9.17) is 11.6 Å². The van der Waals surface area contributed by atoms with Crippen LogP contribution < -0.4 is 16.1 Å². The maximum absolute atomic E-state index is 11.6. The summed E-state index contributed by atoms with van der Waals surface area (Å²) in [5.41, 5.74) is 5.59. The van der Waals surface area contributed by atoms with E-state index in [1.165, 1.54) is 6.21 Å². The van der Waals surface area contributed by atoms with Crippen LogP contribution >= 0.6 is 27.5 Å². The zero-order valence-electron chi connectivity index (χ0n) is 14.3. The second-order valence-corrected chi connectivity index (χ2v) is 6.73. The van der Waals surface area contributed by atoms with Crippen molar-refractivity contribution in [3.63, 3.8) is 0 Å². The zero-order chi connectivity index (χ0) is 19.1. The van der Waals surface area contributed by atoms with Crippen LogP contribution in [0.15, 0.2) is 46.0 Å². The van der Waals surface area contributed by atoms with Crippen LogP contribution in [0.1, 0.15) is 18.1 Å². The molecule has 0 saturated heterocycles. The second-order valence-electron chi connectivity index (χ2n) is 5.37. The molecule has 0 aliphatic rings. The first-order chi connectivity index (χ1) is 12.4. The molecule has 0 atom stereocenters. The number of aryl methyl sites for hydroxylation is 1. The lowest BCUT2D eigenvalue weighted by molar-refractivity contribution is -0.139. The second kappa shape index (κ2) is 9.35. The highest BCUT2D eigenvalue weighted by Crippen LogP contribution is 2.27. The molecular weight excluding hydrogens is 420 g/mol. The standard InChI is InChI=1S/C18H18BrClN4O2/c1-3-21-17(25)18(26)24-22-10-12-9-14(20)5-7-16(12)23-15-6-4-13(19)8-11(15)2/h4-10,23H,3H2,1-2H3,(H,21,25)(H,24,26)/b22-10-. The van der Waals surface area contributed by atoms with Crippen molar-refractivity contribution in [1.82, 2.24) is 10.7 Å². The molecule has 2 aromatic carbocycles. The number of carbonyl (C=O) groups excluding carboxylic acids is 2. The van der Waals surface area contributed by atoms with E-state index in [0.717, 1.165) is 21.4 Å². The van der Waals surface area contributed by atoms with Gasteiger partial charge in [-0.15, -0.1) is 0 Å². The lowest BCUT2D eigenvalue weighted by Crippen LogP contribution is -2.37. The van der Waals surface area contributed by atoms with Crippen molar-refractivity contribution in [1.29, 1.82) is 0 Å². The molecule has 0 bridgehead atoms. The summed E-state index contributed by atoms with van der Waals surface area (Å²) >= 11 is 9.49. The number of likely N-dealkylation sites (N-methyl/N-ethyl adjacent to an activating group) is 1. The number of benzene rings is 2. The minimum absolute atomic E-state index is 0.366. The average molecular weight is 438 g/mol. The molecule has 0 aliphatic carbocycles. The van der Waals surface area contributed by atoms with E-state index in [2.05, 4.69) is 37.1 Å². The van der Waals surface area contributed by atoms with Gasteiger partial charge in [0.15, 0.2) is 0 Å². The van der Waals surface area contributed by atoms with Gasteiger partial charge >= 0.3 is 11.8 Å². The molecule has 3 N–H and O–H groups in total. The van der Waals surface area contributed by atoms with Gasteiger partial charge in [0.2, 0.25) is 0 Å². The highest BCUT2D eigenvalue weighted by Gasteiger charge is 2.10. The van der Waals surface area contributed by atoms with Crippen LogP contribution in [0, 0.1) is 6.92 Å². The highest BCUT2D eigenvalue weighted by molar-refractivity contribution is 9.10. The molecule has 0 heterocycles. The van der Waals surface area contributed by atoms with Gasteiger partial charge in [0.05, 0.1) is 6.21 Å². The molecule has 8 heteroatoms. The van der Waals surface area contributed by atoms with Crippen LogP contribution in [0.25, 0.3) is 0 Å². The van der Waals surface area contributed by atoms with E-state index in [0.29, 0.717) is 17.1 Å². The number of rotatable bonds is 5. The lowest BCUT2D eigenvalue weighted by atomic mass is 10.1. The summed E-state index contributed by atoms with van der Waals surface area (Å²) in [6, 6.07) is 11.2. The summed E-state index contributed by atoms with van der Waals surface area (Å²) in [5.74, 6) is -1.57. The number of amides is 2. The molecule has 0 fully saturated rings. The van der Waals surface area contributed by atoms with Gasteiger partial charge in [-0.05, 0) is 55.8 Å². The number of hydrogen-bond donors (Lipinski definition) is 3. The van der Waals surface area contributed by atoms with Crippen LogP contribution in [0.3, 0.4) is 0 Å². The third kappa shape index (κ3) is 5.57. The Kier molecular flexibility index (Phi) is 7.17. The number of hydrazone groups is 1. The minimum Gasteiger partial charge on any atom is -0.355 e. The molecule has 136 valence electrons. The Bertz CT molecular complexity index is 855. The number of anilines is 2. The summed E-state index contributed by atoms with van der Waals surface area (Å²) in [6.45, 7) is 4.08. The molecule has 2 amide bonds. The summed E-state index contributed by atoms with van der Waals surface area (Å²) in [5, 5.41) is 10.1. The van der Waals surface area contributed by atoms with Gasteiger partial charge in [0.1, 0.15) is 0 Å². The normalized spacial score (nSPS) is 10.6. The fourth-order valence-electron chi connectivity index (χ4n) is 2.12. The molecular formula is C18H18BrClN4O2. The third-order valence-corrected chi connectivity index (χ3v) is 4.11. The highest BCUT2D eigenvalue weighted by atomic mass is 79.9. The Morgan fingerprint density at radius 3 is 2.58 bits per heavy atom. The van der Waals surface area contributed by atoms with Crippen molar-refractivity contribution in [2.24, 2.45) is 5.10 Å². The fourth-order valence-corrected chi connectivity index (χ4v) is 2.77. The Morgan fingerprint density at radius 1 is 1.15 bits per heavy atom. The van der Waals surface area contributed by atoms with Crippen LogP contribution in [0.2, 0.25) is 5.02 Å². The van der Waals surface area contributed by atoms with Crippen molar-refractivity contribution in [3.8, 4) is 0 Å². The molecule has 0 saturated carbocycles. The summed E-state index contributed by atoms with van der Waals surface area (Å²) in [7, 11) is 0. The lowest BCUT2D eigenvalue weighted by Gasteiger charge is -2.12. The molecule has 0 radical (unpaired) electrons. The van der Waals surface area contributed by atoms with E-state index >= 15 is 0 Å². The summed E-state index contributed by atoms with van der Waals surface area (Å²) in [6.07, 6.45) is 1.43. The number of hydrogen-bond acceptors (Lipinski definition) is 4. The van der Waals surface area contributed by atoms with E-state index in [-0.39, 0.29) is 0 Å². The van der Waals surface area contributed by atoms with Crippen molar-refractivity contribution < 1.29 is 9.59 Å². The van der Waals surface area contributed by atoms with Gasteiger partial charge in [0.25, 0.3) is 0 Å². The fraction of sp³-hybridized carbons (Fsp3) is 0.167.